The van der Waals surface area contributed by atoms with Crippen molar-refractivity contribution in [2.24, 2.45) is 0 Å². The third-order valence-electron chi connectivity index (χ3n) is 8.21. The Labute approximate surface area is 278 Å². The van der Waals surface area contributed by atoms with Crippen LogP contribution in [0.2, 0.25) is 0 Å². The molecular weight excluding hydrogens is 688 g/mol. The Balaban J connectivity index is 1.85. The first-order chi connectivity index (χ1) is 22.4. The van der Waals surface area contributed by atoms with Gasteiger partial charge in [-0.3, -0.25) is 0 Å². The van der Waals surface area contributed by atoms with Crippen LogP contribution in [0.5, 0.6) is 0 Å². The van der Waals surface area contributed by atoms with Crippen LogP contribution < -0.4 is 17.2 Å². The topological polar surface area (TPSA) is 92.3 Å². The summed E-state index contributed by atoms with van der Waals surface area (Å²) in [5.74, 6) is -4.21. The van der Waals surface area contributed by atoms with Crippen LogP contribution in [0.4, 0.5) is 17.6 Å². The second-order valence-electron chi connectivity index (χ2n) is 11.3. The quantitative estimate of drug-likeness (QED) is 0.127. The van der Waals surface area contributed by atoms with Crippen LogP contribution in [0, 0.1) is 23.3 Å². The maximum atomic E-state index is 16.8. The second kappa shape index (κ2) is 16.0. The molecule has 0 saturated carbocycles. The fourth-order valence-corrected chi connectivity index (χ4v) is 16.4. The molecule has 47 heavy (non-hydrogen) atoms. The first-order valence-electron chi connectivity index (χ1n) is 15.2. The van der Waals surface area contributed by atoms with E-state index < -0.39 is 59.9 Å². The normalized spacial score (nSPS) is 14.8. The molecule has 0 spiro atoms. The summed E-state index contributed by atoms with van der Waals surface area (Å²) in [6.45, 7) is 6.68. The van der Waals surface area contributed by atoms with Gasteiger partial charge < -0.3 is 0 Å². The summed E-state index contributed by atoms with van der Waals surface area (Å²) >= 11 is -5.10. The van der Waals surface area contributed by atoms with E-state index in [-0.39, 0.29) is 82.0 Å². The number of sulfonamides is 2. The van der Waals surface area contributed by atoms with Crippen molar-refractivity contribution in [3.8, 4) is 0 Å². The van der Waals surface area contributed by atoms with Gasteiger partial charge in [0.05, 0.1) is 0 Å². The van der Waals surface area contributed by atoms with Gasteiger partial charge in [-0.05, 0) is 0 Å². The molecule has 6 nitrogen and oxygen atoms in total. The fourth-order valence-electron chi connectivity index (χ4n) is 5.99. The van der Waals surface area contributed by atoms with Crippen LogP contribution in [0.3, 0.4) is 0 Å². The number of benzene rings is 2. The summed E-state index contributed by atoms with van der Waals surface area (Å²) in [5.41, 5.74) is 0.0127. The minimum absolute atomic E-state index is 0.00633. The van der Waals surface area contributed by atoms with Gasteiger partial charge in [0.15, 0.2) is 0 Å². The molecule has 2 aromatic rings. The van der Waals surface area contributed by atoms with Crippen molar-refractivity contribution in [3.63, 3.8) is 0 Å². The average molecular weight is 727 g/mol. The summed E-state index contributed by atoms with van der Waals surface area (Å²) in [7, 11) is -7.34. The van der Waals surface area contributed by atoms with Gasteiger partial charge in [0, 0.05) is 0 Å². The molecule has 0 unspecified atom stereocenters. The zero-order chi connectivity index (χ0) is 34.2. The van der Waals surface area contributed by atoms with Crippen LogP contribution in [-0.2, 0) is 49.5 Å². The number of nitrogens with one attached hydrogen (secondary N) is 2. The van der Waals surface area contributed by atoms with Crippen LogP contribution >= 0.6 is 0 Å². The number of hydrogen-bond acceptors (Lipinski definition) is 4. The van der Waals surface area contributed by atoms with Gasteiger partial charge in [-0.25, -0.2) is 0 Å². The standard InChI is InChI=1S/2C12H14F2NO2S.2C5H5.Ti/c2*1-2-3-8-18(16,17)15-7-6-10-4-5-11(13)9-12(10)14;2*1-2-4-5-3-1;/h2*2,4-5,15H,1,3,6-8H2;2*1-3H,4H2;. The molecule has 2 aliphatic rings. The fraction of sp³-hybridized carbons (Fsp3) is 0.294. The van der Waals surface area contributed by atoms with E-state index >= 15 is 17.6 Å². The van der Waals surface area contributed by atoms with E-state index in [1.807, 2.05) is 0 Å². The van der Waals surface area contributed by atoms with Gasteiger partial charge >= 0.3 is 280 Å². The number of allylic oxidation sites excluding steroid dienone is 10. The SMILES string of the molecule is C=CCCS(=O)(=O)NCCc1ccc(F)[c]([Ti]([C]2=CC=CC2)([C]2=CC=CC2)[c]2c(F)ccc(CCNS(=O)(=O)CCC=C)c2F)c1F. The Kier molecular flexibility index (Phi) is 12.6. The summed E-state index contributed by atoms with van der Waals surface area (Å²) < 4.78 is 120. The molecule has 0 fully saturated rings. The summed E-state index contributed by atoms with van der Waals surface area (Å²) in [5, 5.41) is 0. The van der Waals surface area contributed by atoms with Crippen molar-refractivity contribution in [2.45, 2.75) is 38.5 Å². The summed E-state index contributed by atoms with van der Waals surface area (Å²) in [6.07, 6.45) is 13.9. The molecule has 0 heterocycles. The molecule has 4 rings (SSSR count). The molecule has 0 amide bonds. The number of hydrogen-bond donors (Lipinski definition) is 2. The third kappa shape index (κ3) is 8.41. The van der Waals surface area contributed by atoms with Gasteiger partial charge in [0.2, 0.25) is 0 Å². The van der Waals surface area contributed by atoms with Crippen LogP contribution in [0.1, 0.15) is 36.8 Å². The predicted octanol–water partition coefficient (Wildman–Crippen LogP) is 5.11. The summed E-state index contributed by atoms with van der Waals surface area (Å²) in [6, 6.07) is 4.60. The van der Waals surface area contributed by atoms with Gasteiger partial charge in [0.1, 0.15) is 0 Å². The zero-order valence-electron chi connectivity index (χ0n) is 25.9. The first-order valence-corrected chi connectivity index (χ1v) is 21.6. The Morgan fingerprint density at radius 3 is 1.43 bits per heavy atom. The molecule has 2 aliphatic carbocycles. The molecule has 2 aromatic carbocycles. The van der Waals surface area contributed by atoms with Crippen molar-refractivity contribution in [1.29, 1.82) is 0 Å². The van der Waals surface area contributed by atoms with Gasteiger partial charge in [-0.15, -0.1) is 0 Å². The van der Waals surface area contributed by atoms with Gasteiger partial charge in [-0.2, -0.15) is 0 Å². The molecule has 2 N–H and O–H groups in total. The second-order valence-corrected chi connectivity index (χ2v) is 21.0. The van der Waals surface area contributed by atoms with Gasteiger partial charge in [0.25, 0.3) is 0 Å². The van der Waals surface area contributed by atoms with E-state index in [4.69, 9.17) is 0 Å². The van der Waals surface area contributed by atoms with Crippen molar-refractivity contribution < 1.29 is 51.0 Å². The van der Waals surface area contributed by atoms with E-state index in [0.29, 0.717) is 7.76 Å². The van der Waals surface area contributed by atoms with Crippen molar-refractivity contribution >= 4 is 27.8 Å². The minimum atomic E-state index is -5.10. The molecule has 0 saturated heterocycles. The summed E-state index contributed by atoms with van der Waals surface area (Å²) in [4.78, 5) is 0. The Bertz CT molecular complexity index is 1730. The third-order valence-corrected chi connectivity index (χ3v) is 19.0. The molecule has 0 aliphatic heterocycles. The van der Waals surface area contributed by atoms with E-state index in [1.54, 1.807) is 36.5 Å². The zero-order valence-corrected chi connectivity index (χ0v) is 29.1. The predicted molar refractivity (Wildman–Crippen MR) is 176 cm³/mol. The van der Waals surface area contributed by atoms with Gasteiger partial charge in [-0.1, -0.05) is 0 Å². The number of rotatable bonds is 18. The Hall–Kier alpha value is -2.87. The van der Waals surface area contributed by atoms with Crippen LogP contribution in [0.25, 0.3) is 0 Å². The Morgan fingerprint density at radius 1 is 0.681 bits per heavy atom. The Morgan fingerprint density at radius 2 is 1.09 bits per heavy atom. The molecule has 0 radical (unpaired) electrons. The average Bonchev–Trinajstić information content (AvgIpc) is 3.76. The van der Waals surface area contributed by atoms with E-state index in [9.17, 15) is 16.8 Å². The van der Waals surface area contributed by atoms with E-state index in [0.717, 1.165) is 12.1 Å². The van der Waals surface area contributed by atoms with E-state index in [2.05, 4.69) is 22.6 Å². The van der Waals surface area contributed by atoms with Crippen LogP contribution in [0.15, 0.2) is 93.8 Å². The monoisotopic (exact) mass is 726 g/mol. The molecule has 0 atom stereocenters. The molecule has 0 bridgehead atoms. The molecular formula is C34H38F4N2O4S2Ti. The van der Waals surface area contributed by atoms with Crippen molar-refractivity contribution in [3.05, 3.63) is 128 Å². The van der Waals surface area contributed by atoms with Crippen molar-refractivity contribution in [2.75, 3.05) is 24.6 Å². The molecule has 0 aromatic heterocycles. The number of halogens is 4. The molecule has 13 heteroatoms. The van der Waals surface area contributed by atoms with E-state index in [1.165, 1.54) is 24.3 Å². The van der Waals surface area contributed by atoms with Crippen LogP contribution in [-0.4, -0.2) is 41.4 Å². The van der Waals surface area contributed by atoms with Crippen molar-refractivity contribution in [1.82, 2.24) is 9.44 Å². The molecule has 252 valence electrons. The first kappa shape index (κ1) is 37.0. The maximum absolute atomic E-state index is 16.8.